The number of hydrogen-bond donors (Lipinski definition) is 2. The van der Waals surface area contributed by atoms with Crippen LogP contribution < -0.4 is 5.43 Å². The first kappa shape index (κ1) is 21.0. The van der Waals surface area contributed by atoms with Gasteiger partial charge in [0.2, 0.25) is 5.76 Å². The Balaban J connectivity index is 1.38. The molecule has 0 radical (unpaired) electrons. The van der Waals surface area contributed by atoms with Crippen molar-refractivity contribution in [1.82, 2.24) is 14.6 Å². The van der Waals surface area contributed by atoms with Crippen LogP contribution in [0.5, 0.6) is 0 Å². The third kappa shape index (κ3) is 4.12. The predicted molar refractivity (Wildman–Crippen MR) is 128 cm³/mol. The number of carboxylic acids is 1. The van der Waals surface area contributed by atoms with E-state index in [1.807, 2.05) is 82.3 Å². The number of aromatic nitrogens is 2. The Labute approximate surface area is 194 Å². The van der Waals surface area contributed by atoms with Crippen molar-refractivity contribution < 1.29 is 19.1 Å². The van der Waals surface area contributed by atoms with Gasteiger partial charge in [-0.2, -0.15) is 5.10 Å². The van der Waals surface area contributed by atoms with Crippen LogP contribution in [0.15, 0.2) is 101 Å². The van der Waals surface area contributed by atoms with Crippen molar-refractivity contribution in [1.29, 1.82) is 0 Å². The molecule has 8 heteroatoms. The Hall–Kier alpha value is -4.85. The van der Waals surface area contributed by atoms with Crippen molar-refractivity contribution in [2.24, 2.45) is 5.10 Å². The van der Waals surface area contributed by atoms with Crippen LogP contribution in [0, 0.1) is 0 Å². The lowest BCUT2D eigenvalue weighted by Gasteiger charge is -2.08. The average molecular weight is 452 g/mol. The molecule has 168 valence electrons. The van der Waals surface area contributed by atoms with Gasteiger partial charge in [0.05, 0.1) is 24.0 Å². The number of hydrazone groups is 1. The molecule has 0 aliphatic rings. The summed E-state index contributed by atoms with van der Waals surface area (Å²) in [7, 11) is 0. The Morgan fingerprint density at radius 2 is 1.74 bits per heavy atom. The van der Waals surface area contributed by atoms with E-state index in [4.69, 9.17) is 9.52 Å². The van der Waals surface area contributed by atoms with E-state index >= 15 is 0 Å². The molecule has 0 atom stereocenters. The first-order chi connectivity index (χ1) is 16.6. The van der Waals surface area contributed by atoms with Gasteiger partial charge in [-0.3, -0.25) is 4.79 Å². The van der Waals surface area contributed by atoms with Gasteiger partial charge in [0.1, 0.15) is 5.76 Å². The molecule has 0 saturated carbocycles. The molecular weight excluding hydrogens is 432 g/mol. The molecule has 3 heterocycles. The summed E-state index contributed by atoms with van der Waals surface area (Å²) < 4.78 is 9.22. The summed E-state index contributed by atoms with van der Waals surface area (Å²) in [6.45, 7) is 0.359. The number of nitrogens with one attached hydrogen (secondary N) is 1. The van der Waals surface area contributed by atoms with Crippen molar-refractivity contribution >= 4 is 29.0 Å². The summed E-state index contributed by atoms with van der Waals surface area (Å²) in [6.07, 6.45) is 7.24. The molecule has 0 aliphatic carbocycles. The lowest BCUT2D eigenvalue weighted by Crippen LogP contribution is -2.19. The predicted octanol–water partition coefficient (Wildman–Crippen LogP) is 4.54. The maximum Gasteiger partial charge on any atom is 0.371 e. The van der Waals surface area contributed by atoms with Crippen molar-refractivity contribution in [3.63, 3.8) is 0 Å². The van der Waals surface area contributed by atoms with Gasteiger partial charge < -0.3 is 18.7 Å². The lowest BCUT2D eigenvalue weighted by molar-refractivity contribution is 0.0660. The molecule has 0 saturated heterocycles. The molecule has 0 aliphatic heterocycles. The van der Waals surface area contributed by atoms with E-state index in [0.717, 1.165) is 22.2 Å². The summed E-state index contributed by atoms with van der Waals surface area (Å²) >= 11 is 0. The second kappa shape index (κ2) is 8.95. The van der Waals surface area contributed by atoms with Gasteiger partial charge in [0.15, 0.2) is 0 Å². The molecule has 2 aromatic carbocycles. The maximum atomic E-state index is 12.8. The fourth-order valence-corrected chi connectivity index (χ4v) is 3.86. The molecule has 3 aromatic heterocycles. The van der Waals surface area contributed by atoms with Gasteiger partial charge in [0, 0.05) is 35.1 Å². The average Bonchev–Trinajstić information content (AvgIpc) is 3.61. The zero-order valence-electron chi connectivity index (χ0n) is 18.0. The number of aromatic carboxylic acids is 1. The van der Waals surface area contributed by atoms with Crippen molar-refractivity contribution in [2.75, 3.05) is 0 Å². The Bertz CT molecular complexity index is 1510. The third-order valence-electron chi connectivity index (χ3n) is 5.42. The van der Waals surface area contributed by atoms with Gasteiger partial charge in [-0.15, -0.1) is 0 Å². The number of carbonyl (C=O) groups excluding carboxylic acids is 1. The Morgan fingerprint density at radius 3 is 2.53 bits per heavy atom. The number of rotatable bonds is 7. The smallest absolute Gasteiger partial charge is 0.371 e. The quantitative estimate of drug-likeness (QED) is 0.280. The first-order valence-corrected chi connectivity index (χ1v) is 10.6. The molecule has 0 unspecified atom stereocenters. The molecular formula is C26H20N4O4. The molecule has 34 heavy (non-hydrogen) atoms. The second-order valence-corrected chi connectivity index (χ2v) is 7.61. The number of carbonyl (C=O) groups is 2. The highest BCUT2D eigenvalue weighted by Crippen LogP contribution is 2.22. The van der Waals surface area contributed by atoms with Crippen LogP contribution >= 0.6 is 0 Å². The zero-order chi connectivity index (χ0) is 23.5. The Kier molecular flexibility index (Phi) is 5.53. The van der Waals surface area contributed by atoms with Crippen LogP contribution in [-0.4, -0.2) is 32.3 Å². The monoisotopic (exact) mass is 452 g/mol. The number of fused-ring (bicyclic) bond motifs is 1. The molecule has 2 N–H and O–H groups in total. The van der Waals surface area contributed by atoms with Crippen LogP contribution in [0.4, 0.5) is 0 Å². The summed E-state index contributed by atoms with van der Waals surface area (Å²) in [5.74, 6) is -1.00. The van der Waals surface area contributed by atoms with Crippen LogP contribution in [0.2, 0.25) is 0 Å². The molecule has 5 rings (SSSR count). The van der Waals surface area contributed by atoms with Crippen LogP contribution in [0.3, 0.4) is 0 Å². The summed E-state index contributed by atoms with van der Waals surface area (Å²) in [5, 5.41) is 14.2. The van der Waals surface area contributed by atoms with Crippen molar-refractivity contribution in [3.8, 4) is 5.69 Å². The SMILES string of the molecule is O=C(O)c1ccc(Cn2cc(/C=N\NC(=O)c3ccccc3-n3cccc3)c3ccccc32)o1. The highest BCUT2D eigenvalue weighted by molar-refractivity contribution is 6.01. The number of benzene rings is 2. The Morgan fingerprint density at radius 1 is 0.971 bits per heavy atom. The van der Waals surface area contributed by atoms with E-state index < -0.39 is 5.97 Å². The topological polar surface area (TPSA) is 102 Å². The van der Waals surface area contributed by atoms with Crippen molar-refractivity contribution in [2.45, 2.75) is 6.54 Å². The van der Waals surface area contributed by atoms with Gasteiger partial charge in [-0.1, -0.05) is 30.3 Å². The van der Waals surface area contributed by atoms with Crippen LogP contribution in [0.1, 0.15) is 32.2 Å². The second-order valence-electron chi connectivity index (χ2n) is 7.61. The largest absolute Gasteiger partial charge is 0.475 e. The summed E-state index contributed by atoms with van der Waals surface area (Å²) in [5.41, 5.74) is 5.62. The summed E-state index contributed by atoms with van der Waals surface area (Å²) in [6, 6.07) is 21.9. The molecule has 0 spiro atoms. The summed E-state index contributed by atoms with van der Waals surface area (Å²) in [4.78, 5) is 23.9. The molecule has 5 aromatic rings. The molecule has 8 nitrogen and oxygen atoms in total. The normalized spacial score (nSPS) is 11.3. The van der Waals surface area contributed by atoms with E-state index in [1.54, 1.807) is 18.3 Å². The number of nitrogens with zero attached hydrogens (tertiary/aromatic N) is 3. The van der Waals surface area contributed by atoms with E-state index in [9.17, 15) is 9.59 Å². The zero-order valence-corrected chi connectivity index (χ0v) is 18.0. The van der Waals surface area contributed by atoms with Gasteiger partial charge >= 0.3 is 5.97 Å². The highest BCUT2D eigenvalue weighted by Gasteiger charge is 2.13. The standard InChI is InChI=1S/C26H20N4O4/c31-25(21-8-2-4-10-23(21)29-13-5-6-14-29)28-27-15-18-16-30(22-9-3-1-7-20(18)22)17-19-11-12-24(34-19)26(32)33/h1-16H,17H2,(H,28,31)(H,32,33)/b27-15-. The van der Waals surface area contributed by atoms with E-state index in [0.29, 0.717) is 17.9 Å². The number of amides is 1. The van der Waals surface area contributed by atoms with Gasteiger partial charge in [-0.05, 0) is 42.5 Å². The number of carboxylic acid groups (broad SMARTS) is 1. The lowest BCUT2D eigenvalue weighted by atomic mass is 10.1. The van der Waals surface area contributed by atoms with Crippen LogP contribution in [0.25, 0.3) is 16.6 Å². The molecule has 1 amide bonds. The van der Waals surface area contributed by atoms with Gasteiger partial charge in [-0.25, -0.2) is 10.2 Å². The number of furan rings is 1. The number of hydrogen-bond acceptors (Lipinski definition) is 4. The van der Waals surface area contributed by atoms with E-state index in [2.05, 4.69) is 10.5 Å². The van der Waals surface area contributed by atoms with E-state index in [-0.39, 0.29) is 11.7 Å². The fraction of sp³-hybridized carbons (Fsp3) is 0.0385. The third-order valence-corrected chi connectivity index (χ3v) is 5.42. The first-order valence-electron chi connectivity index (χ1n) is 10.6. The minimum Gasteiger partial charge on any atom is -0.475 e. The molecule has 0 bridgehead atoms. The van der Waals surface area contributed by atoms with Crippen molar-refractivity contribution in [3.05, 3.63) is 114 Å². The number of para-hydroxylation sites is 2. The van der Waals surface area contributed by atoms with Gasteiger partial charge in [0.25, 0.3) is 5.91 Å². The minimum absolute atomic E-state index is 0.101. The minimum atomic E-state index is -1.11. The maximum absolute atomic E-state index is 12.8. The van der Waals surface area contributed by atoms with E-state index in [1.165, 1.54) is 6.07 Å². The van der Waals surface area contributed by atoms with Crippen LogP contribution in [-0.2, 0) is 6.54 Å². The molecule has 0 fully saturated rings. The fourth-order valence-electron chi connectivity index (χ4n) is 3.86. The highest BCUT2D eigenvalue weighted by atomic mass is 16.4.